The molecule has 0 unspecified atom stereocenters. The van der Waals surface area contributed by atoms with Gasteiger partial charge in [-0.2, -0.15) is 0 Å². The number of amides is 3. The zero-order valence-corrected chi connectivity index (χ0v) is 11.6. The van der Waals surface area contributed by atoms with Gasteiger partial charge in [-0.25, -0.2) is 0 Å². The third-order valence-electron chi connectivity index (χ3n) is 5.73. The quantitative estimate of drug-likeness (QED) is 0.716. The van der Waals surface area contributed by atoms with Crippen LogP contribution in [0, 0.1) is 23.2 Å². The summed E-state index contributed by atoms with van der Waals surface area (Å²) < 4.78 is 0. The first-order valence-electron chi connectivity index (χ1n) is 7.66. The highest BCUT2D eigenvalue weighted by atomic mass is 16.2. The van der Waals surface area contributed by atoms with E-state index in [9.17, 15) is 14.4 Å². The van der Waals surface area contributed by atoms with E-state index in [0.717, 1.165) is 19.3 Å². The van der Waals surface area contributed by atoms with Crippen LogP contribution in [0.3, 0.4) is 0 Å². The molecular formula is C15H20N2O3. The van der Waals surface area contributed by atoms with Gasteiger partial charge in [0.05, 0.1) is 5.41 Å². The second-order valence-corrected chi connectivity index (χ2v) is 7.33. The number of piperazine rings is 1. The first kappa shape index (κ1) is 12.4. The zero-order chi connectivity index (χ0) is 13.9. The standard InChI is InChI=1S/C15H20N2O3/c18-12-7-17(8-13(19)16-12)14(20)15-4-9-1-10(5-15)3-11(2-9)6-15/h9-11H,1-8H2,(H,16,18,19). The molecule has 4 aliphatic carbocycles. The molecule has 4 bridgehead atoms. The summed E-state index contributed by atoms with van der Waals surface area (Å²) in [5, 5.41) is 2.27. The minimum Gasteiger partial charge on any atom is -0.324 e. The Morgan fingerprint density at radius 3 is 1.85 bits per heavy atom. The molecule has 0 spiro atoms. The molecule has 1 aliphatic heterocycles. The molecule has 0 radical (unpaired) electrons. The van der Waals surface area contributed by atoms with Crippen LogP contribution in [0.15, 0.2) is 0 Å². The molecule has 5 nitrogen and oxygen atoms in total. The highest BCUT2D eigenvalue weighted by molar-refractivity contribution is 6.03. The number of nitrogens with one attached hydrogen (secondary N) is 1. The Bertz CT molecular complexity index is 448. The van der Waals surface area contributed by atoms with Crippen molar-refractivity contribution < 1.29 is 14.4 Å². The predicted molar refractivity (Wildman–Crippen MR) is 70.3 cm³/mol. The van der Waals surface area contributed by atoms with Gasteiger partial charge < -0.3 is 4.90 Å². The maximum absolute atomic E-state index is 12.9. The van der Waals surface area contributed by atoms with Gasteiger partial charge in [-0.15, -0.1) is 0 Å². The minimum atomic E-state index is -0.348. The van der Waals surface area contributed by atoms with Gasteiger partial charge in [-0.05, 0) is 56.3 Å². The van der Waals surface area contributed by atoms with Crippen LogP contribution in [0.4, 0.5) is 0 Å². The summed E-state index contributed by atoms with van der Waals surface area (Å²) in [5.41, 5.74) is -0.257. The maximum atomic E-state index is 12.9. The molecule has 5 aliphatic rings. The number of carbonyl (C=O) groups excluding carboxylic acids is 3. The Morgan fingerprint density at radius 1 is 0.950 bits per heavy atom. The van der Waals surface area contributed by atoms with Gasteiger partial charge in [0.2, 0.25) is 17.7 Å². The number of rotatable bonds is 1. The molecule has 4 saturated carbocycles. The molecule has 0 aromatic heterocycles. The van der Waals surface area contributed by atoms with Crippen molar-refractivity contribution in [2.75, 3.05) is 13.1 Å². The lowest BCUT2D eigenvalue weighted by Gasteiger charge is -2.56. The molecule has 0 aromatic carbocycles. The number of carbonyl (C=O) groups is 3. The number of nitrogens with zero attached hydrogens (tertiary/aromatic N) is 1. The molecule has 0 atom stereocenters. The van der Waals surface area contributed by atoms with Crippen molar-refractivity contribution in [2.24, 2.45) is 23.2 Å². The van der Waals surface area contributed by atoms with E-state index in [4.69, 9.17) is 0 Å². The average Bonchev–Trinajstić information content (AvgIpc) is 2.35. The van der Waals surface area contributed by atoms with Gasteiger partial charge in [-0.1, -0.05) is 0 Å². The van der Waals surface area contributed by atoms with E-state index in [1.54, 1.807) is 0 Å². The monoisotopic (exact) mass is 276 g/mol. The molecule has 5 heteroatoms. The summed E-state index contributed by atoms with van der Waals surface area (Å²) >= 11 is 0. The van der Waals surface area contributed by atoms with E-state index in [1.807, 2.05) is 0 Å². The summed E-state index contributed by atoms with van der Waals surface area (Å²) in [4.78, 5) is 37.4. The van der Waals surface area contributed by atoms with Crippen LogP contribution in [0.5, 0.6) is 0 Å². The molecule has 5 rings (SSSR count). The van der Waals surface area contributed by atoms with Gasteiger partial charge >= 0.3 is 0 Å². The van der Waals surface area contributed by atoms with Crippen LogP contribution in [0.2, 0.25) is 0 Å². The fraction of sp³-hybridized carbons (Fsp3) is 0.800. The molecule has 1 N–H and O–H groups in total. The maximum Gasteiger partial charge on any atom is 0.246 e. The van der Waals surface area contributed by atoms with Gasteiger partial charge in [0, 0.05) is 0 Å². The Balaban J connectivity index is 1.59. The van der Waals surface area contributed by atoms with E-state index in [-0.39, 0.29) is 36.2 Å². The topological polar surface area (TPSA) is 66.5 Å². The van der Waals surface area contributed by atoms with Crippen LogP contribution >= 0.6 is 0 Å². The molecule has 0 aromatic rings. The largest absolute Gasteiger partial charge is 0.324 e. The lowest BCUT2D eigenvalue weighted by Crippen LogP contribution is -2.60. The summed E-state index contributed by atoms with van der Waals surface area (Å²) in [5.74, 6) is 1.46. The second kappa shape index (κ2) is 4.06. The van der Waals surface area contributed by atoms with Gasteiger partial charge in [0.25, 0.3) is 0 Å². The first-order chi connectivity index (χ1) is 9.54. The zero-order valence-electron chi connectivity index (χ0n) is 11.6. The second-order valence-electron chi connectivity index (χ2n) is 7.33. The Morgan fingerprint density at radius 2 is 1.40 bits per heavy atom. The summed E-state index contributed by atoms with van der Waals surface area (Å²) in [6.07, 6.45) is 6.78. The summed E-state index contributed by atoms with van der Waals surface area (Å²) in [7, 11) is 0. The smallest absolute Gasteiger partial charge is 0.246 e. The van der Waals surface area contributed by atoms with Crippen molar-refractivity contribution in [3.63, 3.8) is 0 Å². The number of hydrogen-bond acceptors (Lipinski definition) is 3. The lowest BCUT2D eigenvalue weighted by atomic mass is 9.49. The van der Waals surface area contributed by atoms with Crippen molar-refractivity contribution >= 4 is 17.7 Å². The molecule has 1 heterocycles. The van der Waals surface area contributed by atoms with Crippen molar-refractivity contribution in [2.45, 2.75) is 38.5 Å². The van der Waals surface area contributed by atoms with Crippen molar-refractivity contribution in [1.82, 2.24) is 10.2 Å². The van der Waals surface area contributed by atoms with Crippen molar-refractivity contribution in [3.8, 4) is 0 Å². The average molecular weight is 276 g/mol. The van der Waals surface area contributed by atoms with Gasteiger partial charge in [0.15, 0.2) is 0 Å². The third kappa shape index (κ3) is 1.79. The Hall–Kier alpha value is -1.39. The van der Waals surface area contributed by atoms with Crippen LogP contribution < -0.4 is 5.32 Å². The fourth-order valence-corrected chi connectivity index (χ4v) is 5.49. The summed E-state index contributed by atoms with van der Waals surface area (Å²) in [6.45, 7) is 0.0959. The van der Waals surface area contributed by atoms with Crippen LogP contribution in [-0.4, -0.2) is 35.7 Å². The van der Waals surface area contributed by atoms with Crippen LogP contribution in [0.1, 0.15) is 38.5 Å². The predicted octanol–water partition coefficient (Wildman–Crippen LogP) is 0.688. The minimum absolute atomic E-state index is 0.0479. The summed E-state index contributed by atoms with van der Waals surface area (Å²) in [6, 6.07) is 0. The van der Waals surface area contributed by atoms with Crippen LogP contribution in [0.25, 0.3) is 0 Å². The first-order valence-corrected chi connectivity index (χ1v) is 7.66. The Labute approximate surface area is 118 Å². The molecule has 20 heavy (non-hydrogen) atoms. The van der Waals surface area contributed by atoms with Gasteiger partial charge in [0.1, 0.15) is 13.1 Å². The van der Waals surface area contributed by atoms with E-state index in [1.165, 1.54) is 24.2 Å². The van der Waals surface area contributed by atoms with E-state index in [0.29, 0.717) is 17.8 Å². The number of imide groups is 1. The normalized spacial score (nSPS) is 42.8. The SMILES string of the molecule is O=C1CN(C(=O)C23CC4CC(CC(C4)C2)C3)CC(=O)N1. The van der Waals surface area contributed by atoms with Crippen molar-refractivity contribution in [3.05, 3.63) is 0 Å². The van der Waals surface area contributed by atoms with E-state index in [2.05, 4.69) is 5.32 Å². The molecular weight excluding hydrogens is 256 g/mol. The molecule has 108 valence electrons. The number of hydrogen-bond donors (Lipinski definition) is 1. The fourth-order valence-electron chi connectivity index (χ4n) is 5.49. The van der Waals surface area contributed by atoms with E-state index < -0.39 is 0 Å². The van der Waals surface area contributed by atoms with Crippen molar-refractivity contribution in [1.29, 1.82) is 0 Å². The molecule has 3 amide bonds. The third-order valence-corrected chi connectivity index (χ3v) is 5.73. The van der Waals surface area contributed by atoms with Gasteiger partial charge in [-0.3, -0.25) is 19.7 Å². The molecule has 5 fully saturated rings. The highest BCUT2D eigenvalue weighted by Gasteiger charge is 2.56. The lowest BCUT2D eigenvalue weighted by molar-refractivity contribution is -0.162. The van der Waals surface area contributed by atoms with Crippen LogP contribution in [-0.2, 0) is 14.4 Å². The Kier molecular flexibility index (Phi) is 2.51. The van der Waals surface area contributed by atoms with E-state index >= 15 is 0 Å². The molecule has 1 saturated heterocycles. The highest BCUT2D eigenvalue weighted by Crippen LogP contribution is 2.60.